The van der Waals surface area contributed by atoms with Crippen LogP contribution < -0.4 is 17.0 Å². The van der Waals surface area contributed by atoms with Crippen molar-refractivity contribution in [2.45, 2.75) is 24.7 Å². The van der Waals surface area contributed by atoms with E-state index in [1.54, 1.807) is 0 Å². The number of hydrogen-bond acceptors (Lipinski definition) is 5. The minimum Gasteiger partial charge on any atom is -0.326 e. The molecule has 0 radical (unpaired) electrons. The third-order valence-electron chi connectivity index (χ3n) is 3.18. The van der Waals surface area contributed by atoms with Gasteiger partial charge in [0.1, 0.15) is 11.9 Å². The SMILES string of the molecule is NNc1ccc([C@@H](N2CC[C@H](N)C2)C(F)(F)F)cn1. The molecule has 1 aromatic rings. The number of nitrogens with zero attached hydrogens (tertiary/aromatic N) is 2. The predicted octanol–water partition coefficient (Wildman–Crippen LogP) is 1.00. The second-order valence-corrected chi connectivity index (χ2v) is 4.61. The summed E-state index contributed by atoms with van der Waals surface area (Å²) in [6, 6.07) is 0.928. The lowest BCUT2D eigenvalue weighted by molar-refractivity contribution is -0.183. The molecule has 0 unspecified atom stereocenters. The van der Waals surface area contributed by atoms with Crippen molar-refractivity contribution in [2.24, 2.45) is 11.6 Å². The minimum absolute atomic E-state index is 0.0978. The summed E-state index contributed by atoms with van der Waals surface area (Å²) in [7, 11) is 0. The Kier molecular flexibility index (Phi) is 3.93. The van der Waals surface area contributed by atoms with Gasteiger partial charge in [-0.2, -0.15) is 13.2 Å². The molecule has 1 saturated heterocycles. The Balaban J connectivity index is 2.26. The van der Waals surface area contributed by atoms with Crippen LogP contribution in [-0.4, -0.2) is 35.2 Å². The van der Waals surface area contributed by atoms with Crippen LogP contribution in [0.15, 0.2) is 18.3 Å². The maximum Gasteiger partial charge on any atom is 0.408 e. The van der Waals surface area contributed by atoms with Crippen molar-refractivity contribution in [2.75, 3.05) is 18.5 Å². The highest BCUT2D eigenvalue weighted by Gasteiger charge is 2.46. The average Bonchev–Trinajstić information content (AvgIpc) is 2.75. The molecule has 0 amide bonds. The van der Waals surface area contributed by atoms with Gasteiger partial charge in [0.2, 0.25) is 0 Å². The third-order valence-corrected chi connectivity index (χ3v) is 3.18. The molecule has 1 aromatic heterocycles. The van der Waals surface area contributed by atoms with Crippen LogP contribution in [0.25, 0.3) is 0 Å². The average molecular weight is 275 g/mol. The zero-order valence-electron chi connectivity index (χ0n) is 10.2. The first kappa shape index (κ1) is 14.0. The zero-order chi connectivity index (χ0) is 14.0. The number of likely N-dealkylation sites (tertiary alicyclic amines) is 1. The highest BCUT2D eigenvalue weighted by atomic mass is 19.4. The molecule has 1 aliphatic heterocycles. The summed E-state index contributed by atoms with van der Waals surface area (Å²) in [5.74, 6) is 5.46. The fourth-order valence-corrected chi connectivity index (χ4v) is 2.31. The monoisotopic (exact) mass is 275 g/mol. The Hall–Kier alpha value is -1.38. The van der Waals surface area contributed by atoms with Crippen molar-refractivity contribution >= 4 is 5.82 Å². The van der Waals surface area contributed by atoms with E-state index in [-0.39, 0.29) is 18.2 Å². The van der Waals surface area contributed by atoms with Gasteiger partial charge in [0.05, 0.1) is 0 Å². The second kappa shape index (κ2) is 5.32. The smallest absolute Gasteiger partial charge is 0.326 e. The standard InChI is InChI=1S/C11H16F3N5/c12-11(13,14)10(19-4-3-8(15)6-19)7-1-2-9(18-16)17-5-7/h1-2,5,8,10H,3-4,6,15-16H2,(H,17,18)/t8-,10+/m0/s1. The van der Waals surface area contributed by atoms with Gasteiger partial charge in [-0.15, -0.1) is 0 Å². The van der Waals surface area contributed by atoms with Crippen molar-refractivity contribution in [3.05, 3.63) is 23.9 Å². The van der Waals surface area contributed by atoms with E-state index in [4.69, 9.17) is 11.6 Å². The number of pyridine rings is 1. The molecule has 2 rings (SSSR count). The van der Waals surface area contributed by atoms with Gasteiger partial charge in [0.25, 0.3) is 0 Å². The lowest BCUT2D eigenvalue weighted by atomic mass is 10.1. The van der Waals surface area contributed by atoms with Gasteiger partial charge in [0.15, 0.2) is 0 Å². The van der Waals surface area contributed by atoms with Crippen LogP contribution in [0.4, 0.5) is 19.0 Å². The summed E-state index contributed by atoms with van der Waals surface area (Å²) in [4.78, 5) is 5.17. The molecule has 8 heteroatoms. The number of alkyl halides is 3. The number of anilines is 1. The number of nitrogen functional groups attached to an aromatic ring is 1. The van der Waals surface area contributed by atoms with E-state index in [9.17, 15) is 13.2 Å². The molecular weight excluding hydrogens is 259 g/mol. The number of hydrogen-bond donors (Lipinski definition) is 3. The van der Waals surface area contributed by atoms with Crippen LogP contribution in [0.2, 0.25) is 0 Å². The first-order chi connectivity index (χ1) is 8.91. The number of halogens is 3. The Labute approximate surface area is 108 Å². The molecule has 2 heterocycles. The summed E-state index contributed by atoms with van der Waals surface area (Å²) < 4.78 is 39.6. The van der Waals surface area contributed by atoms with Gasteiger partial charge in [-0.05, 0) is 18.1 Å². The number of nitrogens with one attached hydrogen (secondary N) is 1. The molecule has 1 aliphatic rings. The Bertz CT molecular complexity index is 419. The van der Waals surface area contributed by atoms with E-state index in [0.717, 1.165) is 0 Å². The summed E-state index contributed by atoms with van der Waals surface area (Å²) in [5.41, 5.74) is 8.06. The summed E-state index contributed by atoms with van der Waals surface area (Å²) >= 11 is 0. The molecule has 0 saturated carbocycles. The van der Waals surface area contributed by atoms with Crippen molar-refractivity contribution in [3.63, 3.8) is 0 Å². The predicted molar refractivity (Wildman–Crippen MR) is 65.0 cm³/mol. The molecule has 5 N–H and O–H groups in total. The van der Waals surface area contributed by atoms with Gasteiger partial charge in [-0.3, -0.25) is 4.90 Å². The summed E-state index contributed by atoms with van der Waals surface area (Å²) in [6.45, 7) is 0.573. The zero-order valence-corrected chi connectivity index (χ0v) is 10.2. The van der Waals surface area contributed by atoms with Gasteiger partial charge < -0.3 is 11.2 Å². The minimum atomic E-state index is -4.36. The third kappa shape index (κ3) is 3.14. The van der Waals surface area contributed by atoms with E-state index in [1.165, 1.54) is 23.2 Å². The molecule has 5 nitrogen and oxygen atoms in total. The van der Waals surface area contributed by atoms with E-state index in [0.29, 0.717) is 18.8 Å². The topological polar surface area (TPSA) is 80.2 Å². The molecule has 0 spiro atoms. The summed E-state index contributed by atoms with van der Waals surface area (Å²) in [5, 5.41) is 0. The molecular formula is C11H16F3N5. The Morgan fingerprint density at radius 3 is 2.58 bits per heavy atom. The quantitative estimate of drug-likeness (QED) is 0.566. The first-order valence-corrected chi connectivity index (χ1v) is 5.90. The fourth-order valence-electron chi connectivity index (χ4n) is 2.31. The van der Waals surface area contributed by atoms with E-state index >= 15 is 0 Å². The Morgan fingerprint density at radius 2 is 2.16 bits per heavy atom. The van der Waals surface area contributed by atoms with Crippen LogP contribution in [0.3, 0.4) is 0 Å². The van der Waals surface area contributed by atoms with Crippen LogP contribution in [0, 0.1) is 0 Å². The number of aromatic nitrogens is 1. The van der Waals surface area contributed by atoms with Crippen molar-refractivity contribution in [3.8, 4) is 0 Å². The van der Waals surface area contributed by atoms with Crippen LogP contribution in [0.1, 0.15) is 18.0 Å². The van der Waals surface area contributed by atoms with Gasteiger partial charge in [-0.1, -0.05) is 6.07 Å². The van der Waals surface area contributed by atoms with Crippen LogP contribution >= 0.6 is 0 Å². The second-order valence-electron chi connectivity index (χ2n) is 4.61. The maximum absolute atomic E-state index is 13.2. The molecule has 19 heavy (non-hydrogen) atoms. The highest BCUT2D eigenvalue weighted by Crippen LogP contribution is 2.39. The summed E-state index contributed by atoms with van der Waals surface area (Å²) in [6.07, 6.45) is -2.59. The van der Waals surface area contributed by atoms with Crippen LogP contribution in [0.5, 0.6) is 0 Å². The number of hydrazine groups is 1. The highest BCUT2D eigenvalue weighted by molar-refractivity contribution is 5.35. The van der Waals surface area contributed by atoms with Gasteiger partial charge in [0, 0.05) is 25.3 Å². The van der Waals surface area contributed by atoms with Crippen LogP contribution in [-0.2, 0) is 0 Å². The Morgan fingerprint density at radius 1 is 1.42 bits per heavy atom. The molecule has 0 aromatic carbocycles. The van der Waals surface area contributed by atoms with Crippen molar-refractivity contribution in [1.29, 1.82) is 0 Å². The van der Waals surface area contributed by atoms with E-state index in [1.807, 2.05) is 0 Å². The van der Waals surface area contributed by atoms with Gasteiger partial charge in [-0.25, -0.2) is 10.8 Å². The lowest BCUT2D eigenvalue weighted by Crippen LogP contribution is -2.38. The fraction of sp³-hybridized carbons (Fsp3) is 0.545. The lowest BCUT2D eigenvalue weighted by Gasteiger charge is -2.29. The van der Waals surface area contributed by atoms with Crippen molar-refractivity contribution in [1.82, 2.24) is 9.88 Å². The molecule has 0 bridgehead atoms. The molecule has 1 fully saturated rings. The largest absolute Gasteiger partial charge is 0.408 e. The molecule has 0 aliphatic carbocycles. The van der Waals surface area contributed by atoms with Gasteiger partial charge >= 0.3 is 6.18 Å². The van der Waals surface area contributed by atoms with E-state index in [2.05, 4.69) is 10.4 Å². The van der Waals surface area contributed by atoms with E-state index < -0.39 is 12.2 Å². The maximum atomic E-state index is 13.2. The number of nitrogens with two attached hydrogens (primary N) is 2. The van der Waals surface area contributed by atoms with Crippen molar-refractivity contribution < 1.29 is 13.2 Å². The molecule has 2 atom stereocenters. The normalized spacial score (nSPS) is 22.5. The first-order valence-electron chi connectivity index (χ1n) is 5.90. The molecule has 106 valence electrons. The number of rotatable bonds is 3.